The number of hydrogen-bond donors (Lipinski definition) is 2. The summed E-state index contributed by atoms with van der Waals surface area (Å²) in [6, 6.07) is 16.0. The normalized spacial score (nSPS) is 13.3. The van der Waals surface area contributed by atoms with Gasteiger partial charge in [0.1, 0.15) is 6.04 Å². The van der Waals surface area contributed by atoms with Crippen molar-refractivity contribution in [2.24, 2.45) is 0 Å². The number of rotatable bonds is 10. The zero-order valence-electron chi connectivity index (χ0n) is 20.1. The second-order valence-corrected chi connectivity index (χ2v) is 8.68. The van der Waals surface area contributed by atoms with Gasteiger partial charge in [-0.3, -0.25) is 0 Å². The van der Waals surface area contributed by atoms with E-state index in [1.54, 1.807) is 54.6 Å². The highest BCUT2D eigenvalue weighted by molar-refractivity contribution is 8.13. The number of hydrogen-bond acceptors (Lipinski definition) is 11. The largest absolute Gasteiger partial charge is 0.519 e. The highest BCUT2D eigenvalue weighted by atomic mass is 32.2. The molecule has 1 aliphatic rings. The average Bonchev–Trinajstić information content (AvgIpc) is 3.51. The van der Waals surface area contributed by atoms with Gasteiger partial charge in [-0.05, 0) is 18.3 Å². The molecule has 1 aromatic heterocycles. The lowest BCUT2D eigenvalue weighted by Gasteiger charge is -2.13. The van der Waals surface area contributed by atoms with E-state index in [0.29, 0.717) is 28.6 Å². The fourth-order valence-electron chi connectivity index (χ4n) is 3.30. The molecule has 1 amide bonds. The summed E-state index contributed by atoms with van der Waals surface area (Å²) in [7, 11) is 0. The summed E-state index contributed by atoms with van der Waals surface area (Å²) >= 11 is 0.525. The number of carbonyl (C=O) groups is 3. The van der Waals surface area contributed by atoms with Crippen LogP contribution < -0.4 is 11.1 Å². The minimum atomic E-state index is -1.50. The van der Waals surface area contributed by atoms with E-state index in [0.717, 1.165) is 0 Å². The van der Waals surface area contributed by atoms with E-state index in [-0.39, 0.29) is 35.6 Å². The van der Waals surface area contributed by atoms with Gasteiger partial charge in [0.15, 0.2) is 36.3 Å². The van der Waals surface area contributed by atoms with Gasteiger partial charge in [-0.25, -0.2) is 19.2 Å². The molecule has 4 rings (SSSR count). The van der Waals surface area contributed by atoms with Crippen LogP contribution in [0.1, 0.15) is 11.3 Å². The first-order valence-corrected chi connectivity index (χ1v) is 12.3. The van der Waals surface area contributed by atoms with Crippen LogP contribution in [0.2, 0.25) is 0 Å². The summed E-state index contributed by atoms with van der Waals surface area (Å²) in [5, 5.41) is 10.8. The summed E-state index contributed by atoms with van der Waals surface area (Å²) < 4.78 is 30.9. The number of alkyl carbamates (subject to hydrolysis) is 1. The molecule has 0 bridgehead atoms. The first-order chi connectivity index (χ1) is 18.8. The molecule has 0 saturated carbocycles. The molecule has 2 heterocycles. The van der Waals surface area contributed by atoms with E-state index in [2.05, 4.69) is 11.9 Å². The van der Waals surface area contributed by atoms with Crippen molar-refractivity contribution in [1.82, 2.24) is 5.32 Å². The molecule has 1 atom stereocenters. The van der Waals surface area contributed by atoms with Gasteiger partial charge >= 0.3 is 23.2 Å². The average molecular weight is 556 g/mol. The molecule has 3 aromatic rings. The molecule has 12 nitrogen and oxygen atoms in total. The number of carbonyl (C=O) groups excluding carboxylic acids is 2. The van der Waals surface area contributed by atoms with E-state index in [1.165, 1.54) is 0 Å². The van der Waals surface area contributed by atoms with Crippen molar-refractivity contribution < 1.29 is 47.3 Å². The van der Waals surface area contributed by atoms with Gasteiger partial charge in [-0.15, -0.1) is 0 Å². The third-order valence-electron chi connectivity index (χ3n) is 5.04. The number of benzene rings is 2. The molecular weight excluding hydrogens is 534 g/mol. The Bertz CT molecular complexity index is 1440. The molecule has 0 saturated heterocycles. The smallest absolute Gasteiger partial charge is 0.480 e. The van der Waals surface area contributed by atoms with Crippen molar-refractivity contribution in [2.75, 3.05) is 12.4 Å². The number of thioether (sulfide) groups is 1. The predicted molar refractivity (Wildman–Crippen MR) is 136 cm³/mol. The highest BCUT2D eigenvalue weighted by Crippen LogP contribution is 2.32. The van der Waals surface area contributed by atoms with E-state index in [4.69, 9.17) is 27.8 Å². The molecule has 0 fully saturated rings. The lowest BCUT2D eigenvalue weighted by molar-refractivity contribution is -0.138. The Kier molecular flexibility index (Phi) is 8.74. The monoisotopic (exact) mass is 555 g/mol. The Hall–Kier alpha value is -4.91. The van der Waals surface area contributed by atoms with Crippen LogP contribution in [0.4, 0.5) is 9.59 Å². The Morgan fingerprint density at radius 2 is 1.59 bits per heavy atom. The summed E-state index contributed by atoms with van der Waals surface area (Å²) in [4.78, 5) is 47.6. The number of ether oxygens (including phenoxy) is 4. The van der Waals surface area contributed by atoms with Gasteiger partial charge in [0.25, 0.3) is 5.95 Å². The van der Waals surface area contributed by atoms with E-state index >= 15 is 0 Å². The first-order valence-electron chi connectivity index (χ1n) is 11.3. The number of carboxylic acids is 1. The van der Waals surface area contributed by atoms with Crippen molar-refractivity contribution in [2.45, 2.75) is 12.6 Å². The topological polar surface area (TPSA) is 164 Å². The van der Waals surface area contributed by atoms with Crippen molar-refractivity contribution in [3.05, 3.63) is 101 Å². The van der Waals surface area contributed by atoms with Crippen molar-refractivity contribution in [3.8, 4) is 11.3 Å². The van der Waals surface area contributed by atoms with Gasteiger partial charge in [0, 0.05) is 16.9 Å². The van der Waals surface area contributed by atoms with Gasteiger partial charge < -0.3 is 38.2 Å². The second kappa shape index (κ2) is 12.6. The molecule has 1 aliphatic heterocycles. The second-order valence-electron chi connectivity index (χ2n) is 7.73. The molecule has 2 aromatic carbocycles. The number of aliphatic carboxylic acids is 1. The zero-order valence-corrected chi connectivity index (χ0v) is 20.9. The van der Waals surface area contributed by atoms with Crippen LogP contribution in [0.25, 0.3) is 17.1 Å². The third kappa shape index (κ3) is 7.32. The maximum atomic E-state index is 12.2. The van der Waals surface area contributed by atoms with Crippen LogP contribution in [0.15, 0.2) is 92.6 Å². The molecular formula is C26H21NO11S. The van der Waals surface area contributed by atoms with Crippen molar-refractivity contribution >= 4 is 34.9 Å². The SMILES string of the molecule is C=C1OC(COC(=O)SC[C@H](NC(=O)OCc2oc(=O)oc2-c2ccccc2)C(=O)O)=C(c2ccccc2)O1. The van der Waals surface area contributed by atoms with Crippen LogP contribution in [0.5, 0.6) is 0 Å². The standard InChI is InChI=1S/C26H21NO11S/c1-15-35-19(21(36-15)16-8-4-2-5-9-16)13-34-26(32)39-14-18(23(28)29)27-24(30)33-12-20-22(38-25(31)37-20)17-10-6-3-7-11-17/h2-11,18H,1,12-14H2,(H,27,30)(H,28,29)/t18-/m0/s1. The molecule has 0 aliphatic carbocycles. The first kappa shape index (κ1) is 27.1. The molecule has 2 N–H and O–H groups in total. The minimum Gasteiger partial charge on any atom is -0.480 e. The quantitative estimate of drug-likeness (QED) is 0.341. The fraction of sp³-hybridized carbons (Fsp3) is 0.154. The lowest BCUT2D eigenvalue weighted by Crippen LogP contribution is -2.43. The molecule has 202 valence electrons. The minimum absolute atomic E-state index is 0.0202. The molecule has 0 unspecified atom stereocenters. The van der Waals surface area contributed by atoms with E-state index < -0.39 is 35.8 Å². The molecule has 39 heavy (non-hydrogen) atoms. The molecule has 13 heteroatoms. The van der Waals surface area contributed by atoms with E-state index in [9.17, 15) is 24.3 Å². The Morgan fingerprint density at radius 1 is 0.923 bits per heavy atom. The Balaban J connectivity index is 1.28. The summed E-state index contributed by atoms with van der Waals surface area (Å²) in [6.45, 7) is 2.80. The molecule has 0 radical (unpaired) electrons. The number of carboxylic acid groups (broad SMARTS) is 1. The predicted octanol–water partition coefficient (Wildman–Crippen LogP) is 4.34. The van der Waals surface area contributed by atoms with Crippen LogP contribution in [-0.2, 0) is 30.3 Å². The van der Waals surface area contributed by atoms with E-state index in [1.807, 2.05) is 6.07 Å². The Morgan fingerprint density at radius 3 is 2.26 bits per heavy atom. The van der Waals surface area contributed by atoms with Crippen LogP contribution in [-0.4, -0.2) is 40.9 Å². The number of nitrogens with one attached hydrogen (secondary N) is 1. The number of amides is 1. The van der Waals surface area contributed by atoms with Crippen LogP contribution >= 0.6 is 11.8 Å². The maximum Gasteiger partial charge on any atom is 0.519 e. The molecule has 0 spiro atoms. The van der Waals surface area contributed by atoms with Gasteiger partial charge in [0.2, 0.25) is 0 Å². The van der Waals surface area contributed by atoms with Gasteiger partial charge in [0.05, 0.1) is 0 Å². The summed E-state index contributed by atoms with van der Waals surface area (Å²) in [6.07, 6.45) is -1.12. The zero-order chi connectivity index (χ0) is 27.8. The third-order valence-corrected chi connectivity index (χ3v) is 5.89. The lowest BCUT2D eigenvalue weighted by atomic mass is 10.1. The van der Waals surface area contributed by atoms with Gasteiger partial charge in [-0.2, -0.15) is 0 Å². The highest BCUT2D eigenvalue weighted by Gasteiger charge is 2.26. The fourth-order valence-corrected chi connectivity index (χ4v) is 3.97. The van der Waals surface area contributed by atoms with Crippen LogP contribution in [0.3, 0.4) is 0 Å². The Labute approximate surface area is 224 Å². The van der Waals surface area contributed by atoms with Gasteiger partial charge in [-0.1, -0.05) is 60.7 Å². The summed E-state index contributed by atoms with van der Waals surface area (Å²) in [5.41, 5.74) is 1.21. The van der Waals surface area contributed by atoms with Crippen molar-refractivity contribution in [3.63, 3.8) is 0 Å². The summed E-state index contributed by atoms with van der Waals surface area (Å²) in [5.74, 6) is -2.17. The maximum absolute atomic E-state index is 12.2. The van der Waals surface area contributed by atoms with Crippen molar-refractivity contribution in [1.29, 1.82) is 0 Å². The van der Waals surface area contributed by atoms with Crippen LogP contribution in [0, 0.1) is 0 Å².